The maximum absolute atomic E-state index is 6.10. The molecule has 0 heterocycles. The zero-order chi connectivity index (χ0) is 11.6. The average Bonchev–Trinajstić information content (AvgIpc) is 2.29. The molecule has 0 radical (unpaired) electrons. The summed E-state index contributed by atoms with van der Waals surface area (Å²) in [6.07, 6.45) is 15.3. The molecule has 1 fully saturated rings. The van der Waals surface area contributed by atoms with Gasteiger partial charge in [-0.2, -0.15) is 0 Å². The first-order valence-corrected chi connectivity index (χ1v) is 7.30. The van der Waals surface area contributed by atoms with Gasteiger partial charge in [-0.3, -0.25) is 0 Å². The molecular weight excluding hydrogens is 196 g/mol. The molecule has 0 bridgehead atoms. The fraction of sp³-hybridized carbons (Fsp3) is 1.00. The van der Waals surface area contributed by atoms with E-state index in [1.165, 1.54) is 70.6 Å². The van der Waals surface area contributed by atoms with E-state index >= 15 is 0 Å². The monoisotopic (exact) mass is 226 g/mol. The highest BCUT2D eigenvalue weighted by Gasteiger charge is 2.15. The Kier molecular flexibility index (Phi) is 7.87. The Labute approximate surface area is 101 Å². The fourth-order valence-electron chi connectivity index (χ4n) is 2.82. The van der Waals surface area contributed by atoms with Crippen LogP contribution in [0.1, 0.15) is 70.6 Å². The van der Waals surface area contributed by atoms with Crippen LogP contribution < -0.4 is 11.5 Å². The highest BCUT2D eigenvalue weighted by atomic mass is 14.7. The number of rotatable bonds is 2. The Morgan fingerprint density at radius 3 is 1.50 bits per heavy atom. The second-order valence-electron chi connectivity index (χ2n) is 5.42. The summed E-state index contributed by atoms with van der Waals surface area (Å²) in [7, 11) is 0. The van der Waals surface area contributed by atoms with Crippen LogP contribution in [0.15, 0.2) is 0 Å². The van der Waals surface area contributed by atoms with E-state index < -0.39 is 0 Å². The van der Waals surface area contributed by atoms with Gasteiger partial charge in [-0.05, 0) is 18.8 Å². The highest BCUT2D eigenvalue weighted by molar-refractivity contribution is 4.74. The van der Waals surface area contributed by atoms with Crippen molar-refractivity contribution < 1.29 is 0 Å². The van der Waals surface area contributed by atoms with Gasteiger partial charge in [-0.1, -0.05) is 57.8 Å². The summed E-state index contributed by atoms with van der Waals surface area (Å²) in [5.41, 5.74) is 11.8. The number of hydrogen-bond donors (Lipinski definition) is 2. The van der Waals surface area contributed by atoms with E-state index in [9.17, 15) is 0 Å². The summed E-state index contributed by atoms with van der Waals surface area (Å²) in [6.45, 7) is 0.657. The zero-order valence-corrected chi connectivity index (χ0v) is 10.8. The van der Waals surface area contributed by atoms with Gasteiger partial charge in [0.05, 0.1) is 0 Å². The predicted molar refractivity (Wildman–Crippen MR) is 71.3 cm³/mol. The summed E-state index contributed by atoms with van der Waals surface area (Å²) >= 11 is 0. The fourth-order valence-corrected chi connectivity index (χ4v) is 2.82. The molecule has 0 aromatic rings. The number of nitrogens with two attached hydrogens (primary N) is 2. The van der Waals surface area contributed by atoms with Gasteiger partial charge in [0.15, 0.2) is 0 Å². The molecule has 1 atom stereocenters. The molecule has 16 heavy (non-hydrogen) atoms. The van der Waals surface area contributed by atoms with Crippen molar-refractivity contribution in [3.05, 3.63) is 0 Å². The Balaban J connectivity index is 2.30. The highest BCUT2D eigenvalue weighted by Crippen LogP contribution is 2.22. The summed E-state index contributed by atoms with van der Waals surface area (Å²) in [5.74, 6) is 0.685. The van der Waals surface area contributed by atoms with Crippen LogP contribution in [0.3, 0.4) is 0 Å². The van der Waals surface area contributed by atoms with Gasteiger partial charge in [0.2, 0.25) is 0 Å². The largest absolute Gasteiger partial charge is 0.329 e. The van der Waals surface area contributed by atoms with Gasteiger partial charge < -0.3 is 11.5 Å². The molecule has 0 saturated heterocycles. The third kappa shape index (κ3) is 5.86. The van der Waals surface area contributed by atoms with Crippen molar-refractivity contribution in [1.29, 1.82) is 0 Å². The first kappa shape index (κ1) is 14.0. The van der Waals surface area contributed by atoms with Crippen molar-refractivity contribution in [3.8, 4) is 0 Å². The summed E-state index contributed by atoms with van der Waals surface area (Å²) in [5, 5.41) is 0. The van der Waals surface area contributed by atoms with Crippen molar-refractivity contribution >= 4 is 0 Å². The van der Waals surface area contributed by atoms with E-state index in [0.717, 1.165) is 0 Å². The minimum absolute atomic E-state index is 0.239. The van der Waals surface area contributed by atoms with Crippen molar-refractivity contribution in [2.24, 2.45) is 17.4 Å². The Morgan fingerprint density at radius 1 is 0.750 bits per heavy atom. The van der Waals surface area contributed by atoms with Crippen LogP contribution in [0.25, 0.3) is 0 Å². The molecule has 1 aliphatic rings. The lowest BCUT2D eigenvalue weighted by Crippen LogP contribution is -2.37. The minimum Gasteiger partial charge on any atom is -0.329 e. The molecular formula is C14H30N2. The predicted octanol–water partition coefficient (Wildman–Crippen LogP) is 3.19. The van der Waals surface area contributed by atoms with Crippen LogP contribution in [0.2, 0.25) is 0 Å². The molecule has 0 spiro atoms. The van der Waals surface area contributed by atoms with E-state index in [2.05, 4.69) is 0 Å². The van der Waals surface area contributed by atoms with Crippen LogP contribution in [0.4, 0.5) is 0 Å². The van der Waals surface area contributed by atoms with Gasteiger partial charge in [0.25, 0.3) is 0 Å². The molecule has 2 nitrogen and oxygen atoms in total. The van der Waals surface area contributed by atoms with E-state index in [1.807, 2.05) is 0 Å². The normalized spacial score (nSPS) is 24.4. The van der Waals surface area contributed by atoms with Crippen LogP contribution in [-0.2, 0) is 0 Å². The molecule has 96 valence electrons. The molecule has 0 amide bonds. The van der Waals surface area contributed by atoms with Gasteiger partial charge in [0.1, 0.15) is 0 Å². The van der Waals surface area contributed by atoms with Crippen LogP contribution in [0.5, 0.6) is 0 Å². The van der Waals surface area contributed by atoms with Crippen LogP contribution in [0, 0.1) is 5.92 Å². The van der Waals surface area contributed by atoms with Crippen LogP contribution >= 0.6 is 0 Å². The van der Waals surface area contributed by atoms with E-state index in [-0.39, 0.29) is 6.04 Å². The summed E-state index contributed by atoms with van der Waals surface area (Å²) < 4.78 is 0. The third-order valence-corrected chi connectivity index (χ3v) is 4.03. The Bertz CT molecular complexity index is 147. The molecule has 2 heteroatoms. The van der Waals surface area contributed by atoms with Gasteiger partial charge in [0, 0.05) is 12.6 Å². The lowest BCUT2D eigenvalue weighted by molar-refractivity contribution is 0.340. The Morgan fingerprint density at radius 2 is 1.12 bits per heavy atom. The van der Waals surface area contributed by atoms with Crippen molar-refractivity contribution in [2.45, 2.75) is 76.7 Å². The van der Waals surface area contributed by atoms with Crippen molar-refractivity contribution in [1.82, 2.24) is 0 Å². The molecule has 1 saturated carbocycles. The lowest BCUT2D eigenvalue weighted by atomic mass is 9.88. The smallest absolute Gasteiger partial charge is 0.0191 e. The Hall–Kier alpha value is -0.0800. The average molecular weight is 226 g/mol. The molecule has 0 aromatic carbocycles. The first-order chi connectivity index (χ1) is 7.84. The molecule has 0 aliphatic heterocycles. The maximum Gasteiger partial charge on any atom is 0.0191 e. The molecule has 0 aromatic heterocycles. The van der Waals surface area contributed by atoms with E-state index in [4.69, 9.17) is 11.5 Å². The quantitative estimate of drug-likeness (QED) is 0.759. The van der Waals surface area contributed by atoms with Gasteiger partial charge >= 0.3 is 0 Å². The standard InChI is InChI=1S/C14H30N2/c15-12-14(16)13-10-8-6-4-2-1-3-5-7-9-11-13/h13-14H,1-12,15-16H2. The van der Waals surface area contributed by atoms with Gasteiger partial charge in [-0.15, -0.1) is 0 Å². The molecule has 1 rings (SSSR count). The van der Waals surface area contributed by atoms with E-state index in [1.54, 1.807) is 0 Å². The maximum atomic E-state index is 6.10. The topological polar surface area (TPSA) is 52.0 Å². The molecule has 1 aliphatic carbocycles. The van der Waals surface area contributed by atoms with Crippen LogP contribution in [-0.4, -0.2) is 12.6 Å². The second kappa shape index (κ2) is 9.00. The number of hydrogen-bond acceptors (Lipinski definition) is 2. The first-order valence-electron chi connectivity index (χ1n) is 7.30. The minimum atomic E-state index is 0.239. The summed E-state index contributed by atoms with van der Waals surface area (Å²) in [4.78, 5) is 0. The summed E-state index contributed by atoms with van der Waals surface area (Å²) in [6, 6.07) is 0.239. The van der Waals surface area contributed by atoms with Crippen molar-refractivity contribution in [3.63, 3.8) is 0 Å². The molecule has 1 unspecified atom stereocenters. The SMILES string of the molecule is NCC(N)C1CCCCCCCCCCC1. The third-order valence-electron chi connectivity index (χ3n) is 4.03. The second-order valence-corrected chi connectivity index (χ2v) is 5.42. The molecule has 4 N–H and O–H groups in total. The van der Waals surface area contributed by atoms with Gasteiger partial charge in [-0.25, -0.2) is 0 Å². The van der Waals surface area contributed by atoms with E-state index in [0.29, 0.717) is 12.5 Å². The lowest BCUT2D eigenvalue weighted by Gasteiger charge is -2.23. The zero-order valence-electron chi connectivity index (χ0n) is 10.8. The van der Waals surface area contributed by atoms with Crippen molar-refractivity contribution in [2.75, 3.05) is 6.54 Å².